The summed E-state index contributed by atoms with van der Waals surface area (Å²) in [7, 11) is -4.71. The van der Waals surface area contributed by atoms with Crippen LogP contribution in [0, 0.1) is 0 Å². The van der Waals surface area contributed by atoms with E-state index in [0.29, 0.717) is 0 Å². The molecule has 30 heavy (non-hydrogen) atoms. The van der Waals surface area contributed by atoms with Gasteiger partial charge in [0.15, 0.2) is 0 Å². The second kappa shape index (κ2) is 8.84. The molecular weight excluding hydrogens is 426 g/mol. The van der Waals surface area contributed by atoms with Gasteiger partial charge in [-0.25, -0.2) is 25.9 Å². The highest BCUT2D eigenvalue weighted by Crippen LogP contribution is 2.24. The Hall–Kier alpha value is -2.27. The molecule has 8 nitrogen and oxygen atoms in total. The largest absolute Gasteiger partial charge is 0.321 e. The van der Waals surface area contributed by atoms with Gasteiger partial charge in [-0.1, -0.05) is 31.0 Å². The Balaban J connectivity index is 1.85. The third-order valence-corrected chi connectivity index (χ3v) is 8.37. The zero-order valence-electron chi connectivity index (χ0n) is 16.8. The molecule has 3 rings (SSSR count). The number of para-hydroxylation sites is 1. The quantitative estimate of drug-likeness (QED) is 0.671. The zero-order valence-corrected chi connectivity index (χ0v) is 18.5. The van der Waals surface area contributed by atoms with Crippen molar-refractivity contribution in [3.63, 3.8) is 0 Å². The highest BCUT2D eigenvalue weighted by Gasteiger charge is 2.25. The number of hydrogen-bond acceptors (Lipinski definition) is 5. The van der Waals surface area contributed by atoms with Crippen LogP contribution in [0.5, 0.6) is 0 Å². The highest BCUT2D eigenvalue weighted by molar-refractivity contribution is 7.89. The van der Waals surface area contributed by atoms with Gasteiger partial charge >= 0.3 is 0 Å². The van der Waals surface area contributed by atoms with Crippen molar-refractivity contribution < 1.29 is 21.6 Å². The number of anilines is 1. The van der Waals surface area contributed by atoms with Crippen LogP contribution in [-0.4, -0.2) is 47.2 Å². The van der Waals surface area contributed by atoms with E-state index < -0.39 is 26.0 Å². The van der Waals surface area contributed by atoms with Crippen LogP contribution in [-0.2, 0) is 20.0 Å². The van der Waals surface area contributed by atoms with Crippen LogP contribution in [0.4, 0.5) is 5.69 Å². The van der Waals surface area contributed by atoms with Crippen LogP contribution < -0.4 is 10.0 Å². The van der Waals surface area contributed by atoms with Crippen molar-refractivity contribution in [2.45, 2.75) is 41.5 Å². The number of benzene rings is 2. The molecule has 0 saturated heterocycles. The fourth-order valence-electron chi connectivity index (χ4n) is 3.32. The molecule has 0 bridgehead atoms. The molecule has 0 atom stereocenters. The number of hydrogen-bond donors (Lipinski definition) is 2. The number of rotatable bonds is 7. The Morgan fingerprint density at radius 1 is 0.967 bits per heavy atom. The standard InChI is InChI=1S/C20H25N3O5S2/c1-23(2)30(27,28)19-13-6-5-12-18(19)21-20(24)15-8-7-11-17(14-15)29(25,26)22-16-9-3-4-10-16/h5-8,11-14,16,22H,3-4,9-10H2,1-2H3,(H,21,24). The molecule has 2 aromatic rings. The lowest BCUT2D eigenvalue weighted by Gasteiger charge is -2.16. The summed E-state index contributed by atoms with van der Waals surface area (Å²) in [5.41, 5.74) is 0.231. The van der Waals surface area contributed by atoms with Gasteiger partial charge in [0.05, 0.1) is 10.6 Å². The lowest BCUT2D eigenvalue weighted by atomic mass is 10.2. The van der Waals surface area contributed by atoms with Gasteiger partial charge in [0.1, 0.15) is 4.90 Å². The fraction of sp³-hybridized carbons (Fsp3) is 0.350. The third-order valence-electron chi connectivity index (χ3n) is 4.98. The fourth-order valence-corrected chi connectivity index (χ4v) is 5.71. The van der Waals surface area contributed by atoms with E-state index in [9.17, 15) is 21.6 Å². The molecule has 0 unspecified atom stereocenters. The Morgan fingerprint density at radius 3 is 2.30 bits per heavy atom. The minimum atomic E-state index is -3.77. The van der Waals surface area contributed by atoms with Crippen molar-refractivity contribution in [3.8, 4) is 0 Å². The van der Waals surface area contributed by atoms with Crippen LogP contribution in [0.15, 0.2) is 58.3 Å². The van der Waals surface area contributed by atoms with Gasteiger partial charge in [-0.3, -0.25) is 4.79 Å². The van der Waals surface area contributed by atoms with E-state index in [1.54, 1.807) is 12.1 Å². The van der Waals surface area contributed by atoms with E-state index >= 15 is 0 Å². The maximum atomic E-state index is 12.8. The summed E-state index contributed by atoms with van der Waals surface area (Å²) in [6, 6.07) is 11.6. The number of amides is 1. The summed E-state index contributed by atoms with van der Waals surface area (Å²) in [4.78, 5) is 12.7. The first-order valence-electron chi connectivity index (χ1n) is 9.56. The van der Waals surface area contributed by atoms with Crippen molar-refractivity contribution in [2.24, 2.45) is 0 Å². The third kappa shape index (κ3) is 4.89. The van der Waals surface area contributed by atoms with Crippen molar-refractivity contribution in [1.82, 2.24) is 9.03 Å². The van der Waals surface area contributed by atoms with Crippen LogP contribution in [0.25, 0.3) is 0 Å². The topological polar surface area (TPSA) is 113 Å². The van der Waals surface area contributed by atoms with Crippen LogP contribution in [0.1, 0.15) is 36.0 Å². The Bertz CT molecular complexity index is 1140. The van der Waals surface area contributed by atoms with Crippen molar-refractivity contribution in [1.29, 1.82) is 0 Å². The number of carbonyl (C=O) groups is 1. The number of nitrogens with zero attached hydrogens (tertiary/aromatic N) is 1. The minimum absolute atomic E-state index is 0.00347. The summed E-state index contributed by atoms with van der Waals surface area (Å²) < 4.78 is 54.1. The van der Waals surface area contributed by atoms with E-state index in [1.807, 2.05) is 0 Å². The van der Waals surface area contributed by atoms with E-state index in [0.717, 1.165) is 30.0 Å². The number of carbonyl (C=O) groups excluding carboxylic acids is 1. The average Bonchev–Trinajstić information content (AvgIpc) is 3.20. The first kappa shape index (κ1) is 22.4. The van der Waals surface area contributed by atoms with Crippen molar-refractivity contribution >= 4 is 31.6 Å². The van der Waals surface area contributed by atoms with Gasteiger partial charge in [0, 0.05) is 25.7 Å². The van der Waals surface area contributed by atoms with Crippen LogP contribution >= 0.6 is 0 Å². The van der Waals surface area contributed by atoms with Crippen molar-refractivity contribution in [2.75, 3.05) is 19.4 Å². The summed E-state index contributed by atoms with van der Waals surface area (Å²) in [6.07, 6.45) is 3.59. The Morgan fingerprint density at radius 2 is 1.63 bits per heavy atom. The molecule has 10 heteroatoms. The molecule has 1 aliphatic carbocycles. The van der Waals surface area contributed by atoms with E-state index in [1.165, 1.54) is 50.5 Å². The molecular formula is C20H25N3O5S2. The maximum Gasteiger partial charge on any atom is 0.255 e. The van der Waals surface area contributed by atoms with Gasteiger partial charge in [-0.2, -0.15) is 0 Å². The molecule has 0 heterocycles. The van der Waals surface area contributed by atoms with Crippen LogP contribution in [0.3, 0.4) is 0 Å². The second-order valence-electron chi connectivity index (χ2n) is 7.37. The molecule has 0 aromatic heterocycles. The second-order valence-corrected chi connectivity index (χ2v) is 11.2. The van der Waals surface area contributed by atoms with Gasteiger partial charge in [0.2, 0.25) is 20.0 Å². The molecule has 2 aromatic carbocycles. The zero-order chi connectivity index (χ0) is 21.9. The molecule has 0 aliphatic heterocycles. The van der Waals surface area contributed by atoms with Crippen LogP contribution in [0.2, 0.25) is 0 Å². The van der Waals surface area contributed by atoms with Gasteiger partial charge in [0.25, 0.3) is 5.91 Å². The lowest BCUT2D eigenvalue weighted by Crippen LogP contribution is -2.32. The number of nitrogens with one attached hydrogen (secondary N) is 2. The van der Waals surface area contributed by atoms with Crippen molar-refractivity contribution in [3.05, 3.63) is 54.1 Å². The van der Waals surface area contributed by atoms with E-state index in [-0.39, 0.29) is 27.1 Å². The SMILES string of the molecule is CN(C)S(=O)(=O)c1ccccc1NC(=O)c1cccc(S(=O)(=O)NC2CCCC2)c1. The molecule has 1 fully saturated rings. The molecule has 0 spiro atoms. The molecule has 1 saturated carbocycles. The average molecular weight is 452 g/mol. The van der Waals surface area contributed by atoms with Gasteiger partial charge in [-0.15, -0.1) is 0 Å². The number of sulfonamides is 2. The monoisotopic (exact) mass is 451 g/mol. The molecule has 1 aliphatic rings. The Kier molecular flexibility index (Phi) is 6.61. The summed E-state index contributed by atoms with van der Waals surface area (Å²) in [6.45, 7) is 0. The lowest BCUT2D eigenvalue weighted by molar-refractivity contribution is 0.102. The van der Waals surface area contributed by atoms with Gasteiger partial charge in [-0.05, 0) is 43.2 Å². The first-order valence-corrected chi connectivity index (χ1v) is 12.5. The maximum absolute atomic E-state index is 12.8. The first-order chi connectivity index (χ1) is 14.1. The smallest absolute Gasteiger partial charge is 0.255 e. The molecule has 162 valence electrons. The highest BCUT2D eigenvalue weighted by atomic mass is 32.2. The summed E-state index contributed by atoms with van der Waals surface area (Å²) in [5, 5.41) is 2.58. The summed E-state index contributed by atoms with van der Waals surface area (Å²) in [5.74, 6) is -0.602. The molecule has 0 radical (unpaired) electrons. The predicted molar refractivity (Wildman–Crippen MR) is 114 cm³/mol. The normalized spacial score (nSPS) is 15.4. The Labute approximate surface area is 177 Å². The predicted octanol–water partition coefficient (Wildman–Crippen LogP) is 2.41. The minimum Gasteiger partial charge on any atom is -0.321 e. The molecule has 1 amide bonds. The van der Waals surface area contributed by atoms with E-state index in [4.69, 9.17) is 0 Å². The van der Waals surface area contributed by atoms with Gasteiger partial charge < -0.3 is 5.32 Å². The summed E-state index contributed by atoms with van der Waals surface area (Å²) >= 11 is 0. The molecule has 2 N–H and O–H groups in total. The van der Waals surface area contributed by atoms with E-state index in [2.05, 4.69) is 10.0 Å².